The number of nitrogens with one attached hydrogen (secondary N) is 1. The van der Waals surface area contributed by atoms with Gasteiger partial charge in [0, 0.05) is 24.2 Å². The summed E-state index contributed by atoms with van der Waals surface area (Å²) in [6, 6.07) is 15.2. The highest BCUT2D eigenvalue weighted by molar-refractivity contribution is 6.08. The van der Waals surface area contributed by atoms with E-state index in [2.05, 4.69) is 4.98 Å². The molecule has 0 aliphatic carbocycles. The molecule has 31 heavy (non-hydrogen) atoms. The van der Waals surface area contributed by atoms with E-state index in [4.69, 9.17) is 9.47 Å². The number of rotatable bonds is 8. The van der Waals surface area contributed by atoms with Crippen molar-refractivity contribution in [3.63, 3.8) is 0 Å². The molecule has 0 saturated carbocycles. The van der Waals surface area contributed by atoms with Gasteiger partial charge in [-0.05, 0) is 37.1 Å². The number of esters is 2. The van der Waals surface area contributed by atoms with E-state index in [-0.39, 0.29) is 30.0 Å². The largest absolute Gasteiger partial charge is 0.462 e. The number of hydrogen-bond acceptors (Lipinski definition) is 6. The summed E-state index contributed by atoms with van der Waals surface area (Å²) in [5.41, 5.74) is 2.38. The van der Waals surface area contributed by atoms with E-state index < -0.39 is 16.9 Å². The maximum Gasteiger partial charge on any atom is 0.341 e. The molecule has 8 heteroatoms. The van der Waals surface area contributed by atoms with Crippen molar-refractivity contribution in [2.75, 3.05) is 13.2 Å². The minimum atomic E-state index is -0.672. The minimum absolute atomic E-state index is 0.0556. The predicted octanol–water partition coefficient (Wildman–Crippen LogP) is 4.53. The smallest absolute Gasteiger partial charge is 0.341 e. The fourth-order valence-electron chi connectivity index (χ4n) is 3.29. The second-order valence-electron chi connectivity index (χ2n) is 6.64. The molecule has 2 aromatic carbocycles. The van der Waals surface area contributed by atoms with Gasteiger partial charge in [0.25, 0.3) is 5.69 Å². The second kappa shape index (κ2) is 9.71. The Balaban J connectivity index is 2.20. The van der Waals surface area contributed by atoms with Crippen molar-refractivity contribution in [1.29, 1.82) is 0 Å². The quantitative estimate of drug-likeness (QED) is 0.324. The molecule has 3 rings (SSSR count). The summed E-state index contributed by atoms with van der Waals surface area (Å²) in [6.45, 7) is 3.62. The Labute approximate surface area is 179 Å². The van der Waals surface area contributed by atoms with E-state index in [0.29, 0.717) is 23.4 Å². The summed E-state index contributed by atoms with van der Waals surface area (Å²) in [7, 11) is 0. The molecule has 0 unspecified atom stereocenters. The van der Waals surface area contributed by atoms with Crippen molar-refractivity contribution in [2.24, 2.45) is 0 Å². The lowest BCUT2D eigenvalue weighted by molar-refractivity contribution is -0.384. The van der Waals surface area contributed by atoms with Gasteiger partial charge in [0.1, 0.15) is 0 Å². The number of hydrogen-bond donors (Lipinski definition) is 1. The maximum atomic E-state index is 12.9. The summed E-state index contributed by atoms with van der Waals surface area (Å²) in [5, 5.41) is 11.0. The summed E-state index contributed by atoms with van der Waals surface area (Å²) >= 11 is 0. The van der Waals surface area contributed by atoms with Gasteiger partial charge in [0.2, 0.25) is 0 Å². The average molecular weight is 422 g/mol. The Morgan fingerprint density at radius 3 is 2.03 bits per heavy atom. The highest BCUT2D eigenvalue weighted by Crippen LogP contribution is 2.32. The fraction of sp³-hybridized carbons (Fsp3) is 0.217. The van der Waals surface area contributed by atoms with Gasteiger partial charge < -0.3 is 14.5 Å². The molecule has 0 radical (unpaired) electrons. The molecule has 0 atom stereocenters. The van der Waals surface area contributed by atoms with Gasteiger partial charge in [0.05, 0.1) is 35.0 Å². The van der Waals surface area contributed by atoms with Crippen molar-refractivity contribution in [3.8, 4) is 11.3 Å². The van der Waals surface area contributed by atoms with E-state index in [1.165, 1.54) is 24.3 Å². The second-order valence-corrected chi connectivity index (χ2v) is 6.64. The van der Waals surface area contributed by atoms with Crippen molar-refractivity contribution in [2.45, 2.75) is 20.3 Å². The van der Waals surface area contributed by atoms with E-state index in [1.54, 1.807) is 13.8 Å². The lowest BCUT2D eigenvalue weighted by atomic mass is 10.0. The van der Waals surface area contributed by atoms with Crippen molar-refractivity contribution in [3.05, 3.63) is 87.1 Å². The van der Waals surface area contributed by atoms with Gasteiger partial charge in [-0.3, -0.25) is 10.1 Å². The molecule has 0 fully saturated rings. The van der Waals surface area contributed by atoms with Gasteiger partial charge in [-0.1, -0.05) is 30.3 Å². The average Bonchev–Trinajstić information content (AvgIpc) is 3.14. The first-order valence-corrected chi connectivity index (χ1v) is 9.84. The first kappa shape index (κ1) is 21.8. The van der Waals surface area contributed by atoms with Crippen LogP contribution < -0.4 is 0 Å². The van der Waals surface area contributed by atoms with Crippen LogP contribution in [0, 0.1) is 10.1 Å². The Bertz CT molecular complexity index is 1090. The van der Waals surface area contributed by atoms with Crippen LogP contribution in [0.1, 0.15) is 45.8 Å². The molecule has 1 N–H and O–H groups in total. The number of nitrogens with zero attached hydrogens (tertiary/aromatic N) is 1. The van der Waals surface area contributed by atoms with Crippen molar-refractivity contribution >= 4 is 17.6 Å². The van der Waals surface area contributed by atoms with Crippen LogP contribution in [-0.2, 0) is 15.9 Å². The highest BCUT2D eigenvalue weighted by Gasteiger charge is 2.30. The van der Waals surface area contributed by atoms with E-state index in [1.807, 2.05) is 30.3 Å². The molecule has 3 aromatic rings. The number of nitro benzene ring substituents is 1. The summed E-state index contributed by atoms with van der Waals surface area (Å²) < 4.78 is 10.4. The maximum absolute atomic E-state index is 12.9. The highest BCUT2D eigenvalue weighted by atomic mass is 16.6. The molecule has 8 nitrogen and oxygen atoms in total. The van der Waals surface area contributed by atoms with Crippen molar-refractivity contribution < 1.29 is 24.0 Å². The van der Waals surface area contributed by atoms with Crippen LogP contribution in [0.3, 0.4) is 0 Å². The van der Waals surface area contributed by atoms with Gasteiger partial charge in [-0.2, -0.15) is 0 Å². The third-order valence-electron chi connectivity index (χ3n) is 4.63. The van der Waals surface area contributed by atoms with Crippen LogP contribution in [0.25, 0.3) is 11.3 Å². The van der Waals surface area contributed by atoms with Crippen LogP contribution in [0.5, 0.6) is 0 Å². The number of nitro groups is 1. The Morgan fingerprint density at radius 1 is 0.903 bits per heavy atom. The first-order valence-electron chi connectivity index (χ1n) is 9.84. The number of non-ortho nitro benzene ring substituents is 1. The fourth-order valence-corrected chi connectivity index (χ4v) is 3.29. The molecule has 1 heterocycles. The normalized spacial score (nSPS) is 10.5. The number of H-pyrrole nitrogens is 1. The third kappa shape index (κ3) is 4.80. The van der Waals surface area contributed by atoms with Crippen LogP contribution in [-0.4, -0.2) is 35.1 Å². The Kier molecular flexibility index (Phi) is 6.81. The van der Waals surface area contributed by atoms with E-state index >= 15 is 0 Å². The van der Waals surface area contributed by atoms with Crippen LogP contribution in [0.2, 0.25) is 0 Å². The topological polar surface area (TPSA) is 112 Å². The molecule has 0 bridgehead atoms. The zero-order valence-corrected chi connectivity index (χ0v) is 17.2. The molecule has 0 saturated heterocycles. The molecule has 1 aromatic heterocycles. The SMILES string of the molecule is CCOC(=O)c1c(Cc2ccccc2)[nH]c(-c2ccc([N+](=O)[O-])cc2)c1C(=O)OCC. The number of aromatic nitrogens is 1. The standard InChI is InChI=1S/C23H22N2O6/c1-3-30-22(26)19-18(14-15-8-6-5-7-9-15)24-21(20(19)23(27)31-4-2)16-10-12-17(13-11-16)25(28)29/h5-13,24H,3-4,14H2,1-2H3. The van der Waals surface area contributed by atoms with E-state index in [0.717, 1.165) is 5.56 Å². The molecular weight excluding hydrogens is 400 g/mol. The molecular formula is C23H22N2O6. The number of ether oxygens (including phenoxy) is 2. The number of carbonyl (C=O) groups excluding carboxylic acids is 2. The zero-order valence-electron chi connectivity index (χ0n) is 17.2. The van der Waals surface area contributed by atoms with Crippen LogP contribution >= 0.6 is 0 Å². The molecule has 0 amide bonds. The summed E-state index contributed by atoms with van der Waals surface area (Å²) in [4.78, 5) is 39.3. The monoisotopic (exact) mass is 422 g/mol. The van der Waals surface area contributed by atoms with Crippen LogP contribution in [0.15, 0.2) is 54.6 Å². The van der Waals surface area contributed by atoms with E-state index in [9.17, 15) is 19.7 Å². The zero-order chi connectivity index (χ0) is 22.4. The summed E-state index contributed by atoms with van der Waals surface area (Å²) in [5.74, 6) is -1.31. The van der Waals surface area contributed by atoms with Gasteiger partial charge >= 0.3 is 11.9 Å². The molecule has 0 aliphatic rings. The lowest BCUT2D eigenvalue weighted by Crippen LogP contribution is -2.14. The van der Waals surface area contributed by atoms with Gasteiger partial charge in [0.15, 0.2) is 0 Å². The minimum Gasteiger partial charge on any atom is -0.462 e. The van der Waals surface area contributed by atoms with Gasteiger partial charge in [-0.15, -0.1) is 0 Å². The van der Waals surface area contributed by atoms with Gasteiger partial charge in [-0.25, -0.2) is 9.59 Å². The molecule has 160 valence electrons. The Morgan fingerprint density at radius 2 is 1.48 bits per heavy atom. The van der Waals surface area contributed by atoms with Crippen LogP contribution in [0.4, 0.5) is 5.69 Å². The summed E-state index contributed by atoms with van der Waals surface area (Å²) in [6.07, 6.45) is 0.356. The molecule has 0 aliphatic heterocycles. The lowest BCUT2D eigenvalue weighted by Gasteiger charge is -2.08. The molecule has 0 spiro atoms. The first-order chi connectivity index (χ1) is 15.0. The number of aromatic amines is 1. The van der Waals surface area contributed by atoms with Crippen molar-refractivity contribution in [1.82, 2.24) is 4.98 Å². The predicted molar refractivity (Wildman–Crippen MR) is 114 cm³/mol. The number of carbonyl (C=O) groups is 2. The number of benzene rings is 2. The third-order valence-corrected chi connectivity index (χ3v) is 4.63. The Hall–Kier alpha value is -3.94.